The standard InChI is InChI=1S/C19H21ClFN/c1-14(15-7-3-2-4-8-15)22-10-6-5-9-19(22)16-11-17(20)13-18(21)12-16/h2-4,7-8,11-14,19H,5-6,9-10H2,1H3/t14-,19+/m1/s1. The quantitative estimate of drug-likeness (QED) is 0.695. The lowest BCUT2D eigenvalue weighted by Gasteiger charge is -2.40. The fourth-order valence-electron chi connectivity index (χ4n) is 3.47. The summed E-state index contributed by atoms with van der Waals surface area (Å²) in [4.78, 5) is 2.48. The molecule has 1 aliphatic rings. The first-order valence-electron chi connectivity index (χ1n) is 7.92. The minimum absolute atomic E-state index is 0.233. The Kier molecular flexibility index (Phi) is 4.80. The van der Waals surface area contributed by atoms with Gasteiger partial charge in [-0.2, -0.15) is 0 Å². The smallest absolute Gasteiger partial charge is 0.125 e. The van der Waals surface area contributed by atoms with Crippen molar-refractivity contribution in [3.63, 3.8) is 0 Å². The largest absolute Gasteiger partial charge is 0.290 e. The molecule has 1 fully saturated rings. The molecule has 0 aromatic heterocycles. The second-order valence-electron chi connectivity index (χ2n) is 6.04. The molecule has 0 bridgehead atoms. The lowest BCUT2D eigenvalue weighted by Crippen LogP contribution is -2.35. The molecule has 2 atom stereocenters. The van der Waals surface area contributed by atoms with E-state index in [1.54, 1.807) is 6.07 Å². The maximum absolute atomic E-state index is 13.7. The van der Waals surface area contributed by atoms with Crippen LogP contribution in [0.15, 0.2) is 48.5 Å². The lowest BCUT2D eigenvalue weighted by atomic mass is 9.92. The number of rotatable bonds is 3. The molecule has 0 aliphatic carbocycles. The Bertz CT molecular complexity index is 608. The van der Waals surface area contributed by atoms with Crippen molar-refractivity contribution in [1.82, 2.24) is 4.90 Å². The Hall–Kier alpha value is -1.38. The van der Waals surface area contributed by atoms with Crippen molar-refractivity contribution in [3.8, 4) is 0 Å². The van der Waals surface area contributed by atoms with Gasteiger partial charge in [0.25, 0.3) is 0 Å². The lowest BCUT2D eigenvalue weighted by molar-refractivity contribution is 0.103. The van der Waals surface area contributed by atoms with E-state index in [4.69, 9.17) is 11.6 Å². The maximum Gasteiger partial charge on any atom is 0.125 e. The van der Waals surface area contributed by atoms with Crippen LogP contribution in [0.4, 0.5) is 4.39 Å². The Morgan fingerprint density at radius 2 is 1.91 bits per heavy atom. The monoisotopic (exact) mass is 317 g/mol. The van der Waals surface area contributed by atoms with Crippen molar-refractivity contribution >= 4 is 11.6 Å². The van der Waals surface area contributed by atoms with Crippen LogP contribution in [-0.4, -0.2) is 11.4 Å². The predicted molar refractivity (Wildman–Crippen MR) is 89.6 cm³/mol. The van der Waals surface area contributed by atoms with Crippen molar-refractivity contribution in [2.45, 2.75) is 38.3 Å². The third kappa shape index (κ3) is 3.34. The molecule has 0 radical (unpaired) electrons. The van der Waals surface area contributed by atoms with Crippen LogP contribution in [0, 0.1) is 5.82 Å². The highest BCUT2D eigenvalue weighted by Crippen LogP contribution is 2.38. The number of benzene rings is 2. The second-order valence-corrected chi connectivity index (χ2v) is 6.48. The molecule has 22 heavy (non-hydrogen) atoms. The van der Waals surface area contributed by atoms with Crippen molar-refractivity contribution < 1.29 is 4.39 Å². The van der Waals surface area contributed by atoms with E-state index in [-0.39, 0.29) is 11.9 Å². The van der Waals surface area contributed by atoms with Gasteiger partial charge in [0.2, 0.25) is 0 Å². The van der Waals surface area contributed by atoms with Gasteiger partial charge in [-0.1, -0.05) is 48.4 Å². The van der Waals surface area contributed by atoms with Gasteiger partial charge in [-0.05, 0) is 55.6 Å². The Labute approximate surface area is 136 Å². The van der Waals surface area contributed by atoms with E-state index >= 15 is 0 Å². The third-order valence-corrected chi connectivity index (χ3v) is 4.81. The van der Waals surface area contributed by atoms with Crippen LogP contribution >= 0.6 is 11.6 Å². The third-order valence-electron chi connectivity index (χ3n) is 4.59. The molecule has 2 aromatic rings. The van der Waals surface area contributed by atoms with Crippen LogP contribution in [0.3, 0.4) is 0 Å². The van der Waals surface area contributed by atoms with Crippen LogP contribution in [0.25, 0.3) is 0 Å². The van der Waals surface area contributed by atoms with E-state index < -0.39 is 0 Å². The molecular formula is C19H21ClFN. The summed E-state index contributed by atoms with van der Waals surface area (Å²) in [6.45, 7) is 3.27. The zero-order valence-electron chi connectivity index (χ0n) is 12.8. The van der Waals surface area contributed by atoms with E-state index in [9.17, 15) is 4.39 Å². The van der Waals surface area contributed by atoms with Crippen molar-refractivity contribution in [1.29, 1.82) is 0 Å². The fourth-order valence-corrected chi connectivity index (χ4v) is 3.70. The molecule has 1 heterocycles. The number of nitrogens with zero attached hydrogens (tertiary/aromatic N) is 1. The van der Waals surface area contributed by atoms with Gasteiger partial charge < -0.3 is 0 Å². The summed E-state index contributed by atoms with van der Waals surface area (Å²) in [6.07, 6.45) is 3.42. The summed E-state index contributed by atoms with van der Waals surface area (Å²) < 4.78 is 13.7. The molecule has 3 heteroatoms. The number of hydrogen-bond acceptors (Lipinski definition) is 1. The van der Waals surface area contributed by atoms with E-state index in [1.807, 2.05) is 12.1 Å². The first-order chi connectivity index (χ1) is 10.6. The molecule has 1 nitrogen and oxygen atoms in total. The minimum Gasteiger partial charge on any atom is -0.290 e. The average Bonchev–Trinajstić information content (AvgIpc) is 2.54. The van der Waals surface area contributed by atoms with E-state index in [1.165, 1.54) is 24.5 Å². The number of halogens is 2. The first-order valence-corrected chi connectivity index (χ1v) is 8.29. The highest BCUT2D eigenvalue weighted by Gasteiger charge is 2.28. The Morgan fingerprint density at radius 1 is 1.14 bits per heavy atom. The van der Waals surface area contributed by atoms with Gasteiger partial charge in [-0.15, -0.1) is 0 Å². The summed E-state index contributed by atoms with van der Waals surface area (Å²) in [5.74, 6) is -0.250. The molecule has 0 unspecified atom stereocenters. The van der Waals surface area contributed by atoms with Crippen LogP contribution in [0.2, 0.25) is 5.02 Å². The summed E-state index contributed by atoms with van der Waals surface area (Å²) >= 11 is 6.06. The molecule has 1 saturated heterocycles. The Balaban J connectivity index is 1.91. The SMILES string of the molecule is C[C@H](c1ccccc1)N1CCCC[C@H]1c1cc(F)cc(Cl)c1. The van der Waals surface area contributed by atoms with Gasteiger partial charge in [0.1, 0.15) is 5.82 Å². The van der Waals surface area contributed by atoms with Gasteiger partial charge >= 0.3 is 0 Å². The molecule has 2 aromatic carbocycles. The highest BCUT2D eigenvalue weighted by atomic mass is 35.5. The summed E-state index contributed by atoms with van der Waals surface area (Å²) in [5, 5.41) is 0.480. The average molecular weight is 318 g/mol. The van der Waals surface area contributed by atoms with Crippen LogP contribution in [0.5, 0.6) is 0 Å². The van der Waals surface area contributed by atoms with E-state index in [2.05, 4.69) is 36.1 Å². The highest BCUT2D eigenvalue weighted by molar-refractivity contribution is 6.30. The zero-order chi connectivity index (χ0) is 15.5. The van der Waals surface area contributed by atoms with Crippen molar-refractivity contribution in [3.05, 3.63) is 70.5 Å². The van der Waals surface area contributed by atoms with E-state index in [0.29, 0.717) is 11.1 Å². The van der Waals surface area contributed by atoms with E-state index in [0.717, 1.165) is 18.5 Å². The van der Waals surface area contributed by atoms with Crippen LogP contribution in [-0.2, 0) is 0 Å². The maximum atomic E-state index is 13.7. The molecule has 0 saturated carbocycles. The first kappa shape index (κ1) is 15.5. The molecule has 3 rings (SSSR count). The fraction of sp³-hybridized carbons (Fsp3) is 0.368. The normalized spacial score (nSPS) is 20.8. The van der Waals surface area contributed by atoms with Gasteiger partial charge in [-0.25, -0.2) is 4.39 Å². The summed E-state index contributed by atoms with van der Waals surface area (Å²) in [7, 11) is 0. The van der Waals surface area contributed by atoms with Crippen molar-refractivity contribution in [2.24, 2.45) is 0 Å². The van der Waals surface area contributed by atoms with Crippen LogP contribution < -0.4 is 0 Å². The summed E-state index contributed by atoms with van der Waals surface area (Å²) in [5.41, 5.74) is 2.30. The molecular weight excluding hydrogens is 297 g/mol. The number of piperidine rings is 1. The van der Waals surface area contributed by atoms with Gasteiger partial charge in [0.05, 0.1) is 0 Å². The molecule has 1 aliphatic heterocycles. The Morgan fingerprint density at radius 3 is 2.64 bits per heavy atom. The predicted octanol–water partition coefficient (Wildman–Crippen LogP) is 5.77. The van der Waals surface area contributed by atoms with Gasteiger partial charge in [0.15, 0.2) is 0 Å². The second kappa shape index (κ2) is 6.80. The topological polar surface area (TPSA) is 3.24 Å². The van der Waals surface area contributed by atoms with Gasteiger partial charge in [0, 0.05) is 17.1 Å². The zero-order valence-corrected chi connectivity index (χ0v) is 13.6. The molecule has 116 valence electrons. The van der Waals surface area contributed by atoms with Gasteiger partial charge in [-0.3, -0.25) is 4.90 Å². The molecule has 0 amide bonds. The molecule has 0 N–H and O–H groups in total. The minimum atomic E-state index is -0.250. The number of likely N-dealkylation sites (tertiary alicyclic amines) is 1. The van der Waals surface area contributed by atoms with Crippen LogP contribution in [0.1, 0.15) is 49.4 Å². The van der Waals surface area contributed by atoms with Crippen molar-refractivity contribution in [2.75, 3.05) is 6.54 Å². The number of hydrogen-bond donors (Lipinski definition) is 0. The molecule has 0 spiro atoms. The summed E-state index contributed by atoms with van der Waals surface area (Å²) in [6, 6.07) is 16.0.